The van der Waals surface area contributed by atoms with Gasteiger partial charge in [-0.05, 0) is 45.6 Å². The first-order valence-corrected chi connectivity index (χ1v) is 9.04. The lowest BCUT2D eigenvalue weighted by molar-refractivity contribution is 0.00855. The number of thiazole rings is 1. The van der Waals surface area contributed by atoms with Crippen molar-refractivity contribution in [2.45, 2.75) is 52.1 Å². The van der Waals surface area contributed by atoms with E-state index in [9.17, 15) is 4.79 Å². The molecule has 1 aromatic rings. The minimum atomic E-state index is 0.137. The Bertz CT molecular complexity index is 482. The fourth-order valence-electron chi connectivity index (χ4n) is 2.67. The number of hydrogen-bond donors (Lipinski definition) is 1. The first-order valence-electron chi connectivity index (χ1n) is 8.23. The smallest absolute Gasteiger partial charge is 0.265 e. The van der Waals surface area contributed by atoms with Gasteiger partial charge >= 0.3 is 0 Å². The molecule has 2 N–H and O–H groups in total. The van der Waals surface area contributed by atoms with Gasteiger partial charge in [0.15, 0.2) is 0 Å². The molecule has 0 atom stereocenters. The number of carbonyl (C=O) groups excluding carboxylic acids is 1. The van der Waals surface area contributed by atoms with Crippen LogP contribution in [0.25, 0.3) is 0 Å². The molecule has 1 saturated heterocycles. The number of nitrogens with zero attached hydrogens (tertiary/aromatic N) is 2. The molecule has 2 rings (SSSR count). The minimum absolute atomic E-state index is 0.137. The van der Waals surface area contributed by atoms with E-state index >= 15 is 0 Å². The highest BCUT2D eigenvalue weighted by molar-refractivity contribution is 7.13. The zero-order valence-corrected chi connectivity index (χ0v) is 14.5. The number of hydrogen-bond acceptors (Lipinski definition) is 5. The molecule has 2 heterocycles. The SMILES string of the molecule is CCCc1nc(C)c(C(=O)N2CCC(OCCCN)CC2)s1. The zero-order chi connectivity index (χ0) is 15.9. The highest BCUT2D eigenvalue weighted by atomic mass is 32.1. The number of nitrogens with two attached hydrogens (primary N) is 1. The molecule has 1 amide bonds. The van der Waals surface area contributed by atoms with Crippen molar-refractivity contribution >= 4 is 17.2 Å². The lowest BCUT2D eigenvalue weighted by Gasteiger charge is -2.31. The van der Waals surface area contributed by atoms with E-state index in [1.165, 1.54) is 0 Å². The molecule has 1 aliphatic heterocycles. The van der Waals surface area contributed by atoms with Crippen molar-refractivity contribution in [1.82, 2.24) is 9.88 Å². The maximum absolute atomic E-state index is 12.6. The third kappa shape index (κ3) is 4.51. The second-order valence-corrected chi connectivity index (χ2v) is 6.86. The summed E-state index contributed by atoms with van der Waals surface area (Å²) in [4.78, 5) is 19.9. The van der Waals surface area contributed by atoms with Crippen molar-refractivity contribution in [1.29, 1.82) is 0 Å². The molecule has 0 spiro atoms. The predicted molar refractivity (Wildman–Crippen MR) is 89.4 cm³/mol. The van der Waals surface area contributed by atoms with Crippen LogP contribution in [-0.2, 0) is 11.2 Å². The molecule has 22 heavy (non-hydrogen) atoms. The second kappa shape index (κ2) is 8.60. The van der Waals surface area contributed by atoms with Crippen LogP contribution in [0.1, 0.15) is 53.0 Å². The molecular weight excluding hydrogens is 298 g/mol. The highest BCUT2D eigenvalue weighted by Crippen LogP contribution is 2.23. The molecule has 1 aliphatic rings. The van der Waals surface area contributed by atoms with Crippen molar-refractivity contribution in [3.05, 3.63) is 15.6 Å². The summed E-state index contributed by atoms with van der Waals surface area (Å²) in [5.41, 5.74) is 6.35. The van der Waals surface area contributed by atoms with E-state index in [2.05, 4.69) is 11.9 Å². The van der Waals surface area contributed by atoms with Gasteiger partial charge < -0.3 is 15.4 Å². The Labute approximate surface area is 136 Å². The quantitative estimate of drug-likeness (QED) is 0.782. The van der Waals surface area contributed by atoms with Gasteiger partial charge in [-0.1, -0.05) is 6.92 Å². The Morgan fingerprint density at radius 3 is 2.82 bits per heavy atom. The summed E-state index contributed by atoms with van der Waals surface area (Å²) in [6.07, 6.45) is 5.02. The average molecular weight is 325 g/mol. The van der Waals surface area contributed by atoms with Crippen LogP contribution >= 0.6 is 11.3 Å². The van der Waals surface area contributed by atoms with Gasteiger partial charge in [-0.25, -0.2) is 4.98 Å². The summed E-state index contributed by atoms with van der Waals surface area (Å²) in [6.45, 7) is 7.00. The van der Waals surface area contributed by atoms with Crippen molar-refractivity contribution in [3.63, 3.8) is 0 Å². The van der Waals surface area contributed by atoms with Gasteiger partial charge in [0.1, 0.15) is 4.88 Å². The van der Waals surface area contributed by atoms with E-state index in [1.54, 1.807) is 11.3 Å². The fourth-order valence-corrected chi connectivity index (χ4v) is 3.81. The summed E-state index contributed by atoms with van der Waals surface area (Å²) in [5, 5.41) is 1.07. The summed E-state index contributed by atoms with van der Waals surface area (Å²) >= 11 is 1.56. The number of piperidine rings is 1. The van der Waals surface area contributed by atoms with E-state index in [0.717, 1.165) is 67.4 Å². The van der Waals surface area contributed by atoms with Crippen LogP contribution in [0.4, 0.5) is 0 Å². The number of ether oxygens (including phenoxy) is 1. The largest absolute Gasteiger partial charge is 0.378 e. The Balaban J connectivity index is 1.87. The first-order chi connectivity index (χ1) is 10.7. The maximum atomic E-state index is 12.6. The van der Waals surface area contributed by atoms with Crippen molar-refractivity contribution in [2.75, 3.05) is 26.2 Å². The Morgan fingerprint density at radius 2 is 2.18 bits per heavy atom. The molecule has 0 aromatic carbocycles. The molecule has 0 aliphatic carbocycles. The average Bonchev–Trinajstić information content (AvgIpc) is 2.88. The Kier molecular flexibility index (Phi) is 6.79. The lowest BCUT2D eigenvalue weighted by atomic mass is 10.1. The summed E-state index contributed by atoms with van der Waals surface area (Å²) in [6, 6.07) is 0. The first kappa shape index (κ1) is 17.4. The molecule has 0 unspecified atom stereocenters. The normalized spacial score (nSPS) is 16.2. The molecule has 124 valence electrons. The van der Waals surface area contributed by atoms with Crippen LogP contribution in [-0.4, -0.2) is 48.1 Å². The van der Waals surface area contributed by atoms with Gasteiger partial charge in [-0.3, -0.25) is 4.79 Å². The molecule has 1 aromatic heterocycles. The summed E-state index contributed by atoms with van der Waals surface area (Å²) in [7, 11) is 0. The minimum Gasteiger partial charge on any atom is -0.378 e. The maximum Gasteiger partial charge on any atom is 0.265 e. The van der Waals surface area contributed by atoms with Gasteiger partial charge in [-0.2, -0.15) is 0 Å². The Morgan fingerprint density at radius 1 is 1.45 bits per heavy atom. The van der Waals surface area contributed by atoms with E-state index in [1.807, 2.05) is 11.8 Å². The van der Waals surface area contributed by atoms with E-state index in [4.69, 9.17) is 10.5 Å². The van der Waals surface area contributed by atoms with E-state index in [0.29, 0.717) is 6.54 Å². The van der Waals surface area contributed by atoms with Gasteiger partial charge in [0.25, 0.3) is 5.91 Å². The topological polar surface area (TPSA) is 68.5 Å². The number of rotatable bonds is 7. The molecule has 0 saturated carbocycles. The number of aromatic nitrogens is 1. The molecular formula is C16H27N3O2S. The molecule has 1 fully saturated rings. The van der Waals surface area contributed by atoms with Gasteiger partial charge in [0, 0.05) is 19.7 Å². The third-order valence-electron chi connectivity index (χ3n) is 3.93. The van der Waals surface area contributed by atoms with Crippen molar-refractivity contribution in [2.24, 2.45) is 5.73 Å². The third-order valence-corrected chi connectivity index (χ3v) is 5.14. The molecule has 0 bridgehead atoms. The number of aryl methyl sites for hydroxylation is 2. The van der Waals surface area contributed by atoms with Crippen LogP contribution in [0, 0.1) is 6.92 Å². The second-order valence-electron chi connectivity index (χ2n) is 5.78. The number of amides is 1. The van der Waals surface area contributed by atoms with Crippen LogP contribution in [0.15, 0.2) is 0 Å². The standard InChI is InChI=1S/C16H27N3O2S/c1-3-5-14-18-12(2)15(22-14)16(20)19-9-6-13(7-10-19)21-11-4-8-17/h13H,3-11,17H2,1-2H3. The number of carbonyl (C=O) groups is 1. The van der Waals surface area contributed by atoms with Crippen LogP contribution in [0.2, 0.25) is 0 Å². The van der Waals surface area contributed by atoms with E-state index < -0.39 is 0 Å². The molecule has 0 radical (unpaired) electrons. The lowest BCUT2D eigenvalue weighted by Crippen LogP contribution is -2.41. The van der Waals surface area contributed by atoms with Crippen molar-refractivity contribution < 1.29 is 9.53 Å². The number of likely N-dealkylation sites (tertiary alicyclic amines) is 1. The van der Waals surface area contributed by atoms with Gasteiger partial charge in [0.2, 0.25) is 0 Å². The van der Waals surface area contributed by atoms with Gasteiger partial charge in [-0.15, -0.1) is 11.3 Å². The van der Waals surface area contributed by atoms with Gasteiger partial charge in [0.05, 0.1) is 16.8 Å². The molecule has 5 nitrogen and oxygen atoms in total. The highest BCUT2D eigenvalue weighted by Gasteiger charge is 2.26. The van der Waals surface area contributed by atoms with Crippen LogP contribution in [0.3, 0.4) is 0 Å². The van der Waals surface area contributed by atoms with Crippen molar-refractivity contribution in [3.8, 4) is 0 Å². The monoisotopic (exact) mass is 325 g/mol. The predicted octanol–water partition coefficient (Wildman–Crippen LogP) is 2.37. The van der Waals surface area contributed by atoms with Crippen LogP contribution < -0.4 is 5.73 Å². The Hall–Kier alpha value is -0.980. The van der Waals surface area contributed by atoms with Crippen LogP contribution in [0.5, 0.6) is 0 Å². The summed E-state index contributed by atoms with van der Waals surface area (Å²) < 4.78 is 5.79. The summed E-state index contributed by atoms with van der Waals surface area (Å²) in [5.74, 6) is 0.137. The van der Waals surface area contributed by atoms with E-state index in [-0.39, 0.29) is 12.0 Å². The zero-order valence-electron chi connectivity index (χ0n) is 13.6. The fraction of sp³-hybridized carbons (Fsp3) is 0.750. The molecule has 6 heteroatoms.